The first-order valence-corrected chi connectivity index (χ1v) is 8.41. The number of furan rings is 1. The number of nitrogens with zero attached hydrogens (tertiary/aromatic N) is 1. The Morgan fingerprint density at radius 3 is 2.75 bits per heavy atom. The highest BCUT2D eigenvalue weighted by molar-refractivity contribution is 5.91. The summed E-state index contributed by atoms with van der Waals surface area (Å²) in [6.07, 6.45) is 3.26. The van der Waals surface area contributed by atoms with Gasteiger partial charge in [-0.05, 0) is 36.6 Å². The van der Waals surface area contributed by atoms with Crippen LogP contribution >= 0.6 is 0 Å². The molecule has 1 aromatic carbocycles. The van der Waals surface area contributed by atoms with Crippen molar-refractivity contribution in [2.75, 3.05) is 13.1 Å². The van der Waals surface area contributed by atoms with Crippen LogP contribution in [0.25, 0.3) is 6.08 Å². The van der Waals surface area contributed by atoms with Gasteiger partial charge in [0.05, 0.1) is 0 Å². The molecule has 1 fully saturated rings. The van der Waals surface area contributed by atoms with Crippen LogP contribution in [0.3, 0.4) is 0 Å². The van der Waals surface area contributed by atoms with Crippen LogP contribution < -0.4 is 5.32 Å². The van der Waals surface area contributed by atoms with Gasteiger partial charge in [-0.2, -0.15) is 0 Å². The lowest BCUT2D eigenvalue weighted by Gasteiger charge is -2.16. The lowest BCUT2D eigenvalue weighted by molar-refractivity contribution is -0.117. The fourth-order valence-corrected chi connectivity index (χ4v) is 3.16. The first-order valence-electron chi connectivity index (χ1n) is 8.41. The number of carbonyl (C=O) groups is 1. The van der Waals surface area contributed by atoms with Gasteiger partial charge in [0.15, 0.2) is 0 Å². The number of carbonyl (C=O) groups excluding carboxylic acids is 1. The minimum Gasteiger partial charge on any atom is -0.462 e. The van der Waals surface area contributed by atoms with Gasteiger partial charge in [-0.3, -0.25) is 9.69 Å². The molecular weight excluding hydrogens is 300 g/mol. The van der Waals surface area contributed by atoms with Gasteiger partial charge in [0.1, 0.15) is 11.5 Å². The topological polar surface area (TPSA) is 45.5 Å². The van der Waals surface area contributed by atoms with E-state index in [-0.39, 0.29) is 11.9 Å². The van der Waals surface area contributed by atoms with Crippen LogP contribution in [0.2, 0.25) is 0 Å². The van der Waals surface area contributed by atoms with E-state index in [1.165, 1.54) is 5.56 Å². The van der Waals surface area contributed by atoms with Gasteiger partial charge < -0.3 is 9.73 Å². The lowest BCUT2D eigenvalue weighted by Crippen LogP contribution is -2.38. The Labute approximate surface area is 143 Å². The van der Waals surface area contributed by atoms with Gasteiger partial charge in [-0.15, -0.1) is 0 Å². The monoisotopic (exact) mass is 324 g/mol. The third-order valence-electron chi connectivity index (χ3n) is 4.42. The molecule has 0 bridgehead atoms. The maximum Gasteiger partial charge on any atom is 0.244 e. The summed E-state index contributed by atoms with van der Waals surface area (Å²) >= 11 is 0. The van der Waals surface area contributed by atoms with E-state index in [1.54, 1.807) is 12.2 Å². The summed E-state index contributed by atoms with van der Waals surface area (Å²) in [6, 6.07) is 14.4. The van der Waals surface area contributed by atoms with Gasteiger partial charge >= 0.3 is 0 Å². The lowest BCUT2D eigenvalue weighted by atomic mass is 10.1. The SMILES string of the molecule is Cc1ccc(C=CC(=O)NC2CN(Cc3ccccc3)CC2C)o1. The molecule has 2 heterocycles. The summed E-state index contributed by atoms with van der Waals surface area (Å²) in [5.74, 6) is 1.92. The molecule has 4 heteroatoms. The number of rotatable bonds is 5. The van der Waals surface area contributed by atoms with Gasteiger partial charge in [-0.25, -0.2) is 0 Å². The van der Waals surface area contributed by atoms with E-state index in [0.29, 0.717) is 11.7 Å². The Morgan fingerprint density at radius 1 is 1.25 bits per heavy atom. The molecule has 0 aliphatic carbocycles. The zero-order valence-corrected chi connectivity index (χ0v) is 14.2. The van der Waals surface area contributed by atoms with Crippen molar-refractivity contribution in [3.8, 4) is 0 Å². The van der Waals surface area contributed by atoms with Crippen LogP contribution in [0, 0.1) is 12.8 Å². The normalized spacial score (nSPS) is 21.4. The smallest absolute Gasteiger partial charge is 0.244 e. The first kappa shape index (κ1) is 16.5. The highest BCUT2D eigenvalue weighted by Gasteiger charge is 2.30. The molecule has 0 radical (unpaired) electrons. The molecule has 0 spiro atoms. The number of likely N-dealkylation sites (tertiary alicyclic amines) is 1. The summed E-state index contributed by atoms with van der Waals surface area (Å²) in [4.78, 5) is 14.5. The minimum atomic E-state index is -0.0672. The van der Waals surface area contributed by atoms with E-state index < -0.39 is 0 Å². The molecule has 3 rings (SSSR count). The molecule has 1 aliphatic rings. The van der Waals surface area contributed by atoms with Crippen LogP contribution in [-0.4, -0.2) is 29.9 Å². The van der Waals surface area contributed by atoms with Crippen molar-refractivity contribution >= 4 is 12.0 Å². The van der Waals surface area contributed by atoms with Crippen molar-refractivity contribution in [3.63, 3.8) is 0 Å². The molecule has 2 atom stereocenters. The van der Waals surface area contributed by atoms with E-state index in [9.17, 15) is 4.79 Å². The molecule has 4 nitrogen and oxygen atoms in total. The van der Waals surface area contributed by atoms with E-state index in [2.05, 4.69) is 41.4 Å². The second-order valence-corrected chi connectivity index (χ2v) is 6.55. The third-order valence-corrected chi connectivity index (χ3v) is 4.42. The minimum absolute atomic E-state index is 0.0672. The quantitative estimate of drug-likeness (QED) is 0.859. The highest BCUT2D eigenvalue weighted by atomic mass is 16.3. The van der Waals surface area contributed by atoms with E-state index in [1.807, 2.05) is 25.1 Å². The molecule has 126 valence electrons. The maximum atomic E-state index is 12.1. The Bertz CT molecular complexity index is 705. The number of nitrogens with one attached hydrogen (secondary N) is 1. The van der Waals surface area contributed by atoms with Gasteiger partial charge in [-0.1, -0.05) is 37.3 Å². The molecule has 0 saturated carbocycles. The van der Waals surface area contributed by atoms with Crippen molar-refractivity contribution in [2.24, 2.45) is 5.92 Å². The van der Waals surface area contributed by atoms with Crippen molar-refractivity contribution in [1.29, 1.82) is 0 Å². The molecule has 1 aromatic heterocycles. The van der Waals surface area contributed by atoms with Crippen LogP contribution in [0.5, 0.6) is 0 Å². The van der Waals surface area contributed by atoms with Crippen LogP contribution in [0.15, 0.2) is 53.0 Å². The van der Waals surface area contributed by atoms with E-state index in [4.69, 9.17) is 4.42 Å². The predicted molar refractivity (Wildman–Crippen MR) is 95.3 cm³/mol. The second kappa shape index (κ2) is 7.49. The number of benzene rings is 1. The predicted octanol–water partition coefficient (Wildman–Crippen LogP) is 3.24. The molecular formula is C20H24N2O2. The maximum absolute atomic E-state index is 12.1. The zero-order valence-electron chi connectivity index (χ0n) is 14.2. The summed E-state index contributed by atoms with van der Waals surface area (Å²) in [6.45, 7) is 6.89. The summed E-state index contributed by atoms with van der Waals surface area (Å²) in [5.41, 5.74) is 1.31. The third kappa shape index (κ3) is 4.36. The van der Waals surface area contributed by atoms with E-state index in [0.717, 1.165) is 25.4 Å². The standard InChI is InChI=1S/C20H24N2O2/c1-15-12-22(13-17-6-4-3-5-7-17)14-19(15)21-20(23)11-10-18-9-8-16(2)24-18/h3-11,15,19H,12-14H2,1-2H3,(H,21,23). The zero-order chi connectivity index (χ0) is 16.9. The first-order chi connectivity index (χ1) is 11.6. The molecule has 2 aromatic rings. The Morgan fingerprint density at radius 2 is 2.04 bits per heavy atom. The fourth-order valence-electron chi connectivity index (χ4n) is 3.16. The van der Waals surface area contributed by atoms with Crippen LogP contribution in [-0.2, 0) is 11.3 Å². The van der Waals surface area contributed by atoms with Gasteiger partial charge in [0.25, 0.3) is 0 Å². The van der Waals surface area contributed by atoms with E-state index >= 15 is 0 Å². The molecule has 2 unspecified atom stereocenters. The van der Waals surface area contributed by atoms with Gasteiger partial charge in [0.2, 0.25) is 5.91 Å². The van der Waals surface area contributed by atoms with Gasteiger partial charge in [0, 0.05) is 31.8 Å². The Hall–Kier alpha value is -2.33. The highest BCUT2D eigenvalue weighted by Crippen LogP contribution is 2.19. The molecule has 24 heavy (non-hydrogen) atoms. The molecule has 1 N–H and O–H groups in total. The number of aryl methyl sites for hydroxylation is 1. The molecule has 1 saturated heterocycles. The second-order valence-electron chi connectivity index (χ2n) is 6.55. The number of hydrogen-bond acceptors (Lipinski definition) is 3. The van der Waals surface area contributed by atoms with Crippen molar-refractivity contribution in [2.45, 2.75) is 26.4 Å². The fraction of sp³-hybridized carbons (Fsp3) is 0.350. The summed E-state index contributed by atoms with van der Waals surface area (Å²) in [7, 11) is 0. The largest absolute Gasteiger partial charge is 0.462 e. The Kier molecular flexibility index (Phi) is 5.16. The van der Waals surface area contributed by atoms with Crippen molar-refractivity contribution < 1.29 is 9.21 Å². The summed E-state index contributed by atoms with van der Waals surface area (Å²) in [5, 5.41) is 3.11. The molecule has 1 aliphatic heterocycles. The number of amides is 1. The van der Waals surface area contributed by atoms with Crippen molar-refractivity contribution in [3.05, 3.63) is 65.6 Å². The van der Waals surface area contributed by atoms with Crippen LogP contribution in [0.1, 0.15) is 24.0 Å². The van der Waals surface area contributed by atoms with Crippen molar-refractivity contribution in [1.82, 2.24) is 10.2 Å². The average molecular weight is 324 g/mol. The molecule has 1 amide bonds. The average Bonchev–Trinajstić information content (AvgIpc) is 3.12. The Balaban J connectivity index is 1.51. The number of hydrogen-bond donors (Lipinski definition) is 1. The van der Waals surface area contributed by atoms with Crippen LogP contribution in [0.4, 0.5) is 0 Å². The summed E-state index contributed by atoms with van der Waals surface area (Å²) < 4.78 is 5.43.